The third-order valence-electron chi connectivity index (χ3n) is 1.09. The molecule has 0 fully saturated rings. The van der Waals surface area contributed by atoms with E-state index in [0.29, 0.717) is 6.04 Å². The van der Waals surface area contributed by atoms with Gasteiger partial charge in [0.2, 0.25) is 0 Å². The SMILES string of the molecule is [CH2]C#CC(C)N(C)C. The summed E-state index contributed by atoms with van der Waals surface area (Å²) in [5, 5.41) is 0. The van der Waals surface area contributed by atoms with Crippen molar-refractivity contribution >= 4 is 0 Å². The molecule has 0 aromatic heterocycles. The lowest BCUT2D eigenvalue weighted by molar-refractivity contribution is 0.373. The smallest absolute Gasteiger partial charge is 0.0681 e. The molecule has 1 unspecified atom stereocenters. The quantitative estimate of drug-likeness (QED) is 0.451. The predicted octanol–water partition coefficient (Wildman–Crippen LogP) is 0.774. The van der Waals surface area contributed by atoms with Crippen LogP contribution in [0.25, 0.3) is 0 Å². The summed E-state index contributed by atoms with van der Waals surface area (Å²) in [6.07, 6.45) is 0. The Morgan fingerprint density at radius 3 is 2.12 bits per heavy atom. The highest BCUT2D eigenvalue weighted by molar-refractivity contribution is 5.07. The Bertz CT molecular complexity index is 105. The molecule has 0 aliphatic carbocycles. The van der Waals surface area contributed by atoms with Crippen LogP contribution in [0.4, 0.5) is 0 Å². The molecule has 45 valence electrons. The first-order valence-electron chi connectivity index (χ1n) is 2.62. The molecule has 1 atom stereocenters. The van der Waals surface area contributed by atoms with Crippen LogP contribution in [0, 0.1) is 18.8 Å². The largest absolute Gasteiger partial charge is 0.296 e. The van der Waals surface area contributed by atoms with E-state index in [4.69, 9.17) is 0 Å². The van der Waals surface area contributed by atoms with E-state index in [-0.39, 0.29) is 0 Å². The fourth-order valence-corrected chi connectivity index (χ4v) is 0.277. The van der Waals surface area contributed by atoms with Crippen LogP contribution in [-0.2, 0) is 0 Å². The maximum absolute atomic E-state index is 3.42. The highest BCUT2D eigenvalue weighted by atomic mass is 15.1. The Balaban J connectivity index is 3.58. The van der Waals surface area contributed by atoms with Gasteiger partial charge in [0.15, 0.2) is 0 Å². The van der Waals surface area contributed by atoms with Crippen LogP contribution in [0.2, 0.25) is 0 Å². The van der Waals surface area contributed by atoms with E-state index in [0.717, 1.165) is 0 Å². The van der Waals surface area contributed by atoms with Crippen LogP contribution in [-0.4, -0.2) is 25.0 Å². The van der Waals surface area contributed by atoms with E-state index in [2.05, 4.69) is 18.8 Å². The van der Waals surface area contributed by atoms with Crippen LogP contribution in [0.1, 0.15) is 6.92 Å². The van der Waals surface area contributed by atoms with Gasteiger partial charge < -0.3 is 0 Å². The Kier molecular flexibility index (Phi) is 3.30. The number of hydrogen-bond donors (Lipinski definition) is 0. The lowest BCUT2D eigenvalue weighted by Crippen LogP contribution is -2.22. The molecule has 0 rings (SSSR count). The Labute approximate surface area is 51.7 Å². The first-order chi connectivity index (χ1) is 3.68. The maximum Gasteiger partial charge on any atom is 0.0681 e. The fraction of sp³-hybridized carbons (Fsp3) is 0.571. The summed E-state index contributed by atoms with van der Waals surface area (Å²) in [6.45, 7) is 5.46. The zero-order valence-corrected chi connectivity index (χ0v) is 5.73. The summed E-state index contributed by atoms with van der Waals surface area (Å²) in [5.41, 5.74) is 0. The van der Waals surface area contributed by atoms with Gasteiger partial charge in [0.25, 0.3) is 0 Å². The summed E-state index contributed by atoms with van der Waals surface area (Å²) in [6, 6.07) is 0.326. The van der Waals surface area contributed by atoms with Crippen molar-refractivity contribution in [1.82, 2.24) is 4.90 Å². The van der Waals surface area contributed by atoms with E-state index in [1.54, 1.807) is 0 Å². The van der Waals surface area contributed by atoms with Crippen LogP contribution in [0.3, 0.4) is 0 Å². The number of nitrogens with zero attached hydrogens (tertiary/aromatic N) is 1. The molecular formula is C7H12N. The zero-order chi connectivity index (χ0) is 6.57. The maximum atomic E-state index is 3.42. The summed E-state index contributed by atoms with van der Waals surface area (Å²) in [7, 11) is 3.99. The second-order valence-corrected chi connectivity index (χ2v) is 1.96. The van der Waals surface area contributed by atoms with E-state index in [1.165, 1.54) is 0 Å². The van der Waals surface area contributed by atoms with Crippen LogP contribution >= 0.6 is 0 Å². The van der Waals surface area contributed by atoms with Gasteiger partial charge >= 0.3 is 0 Å². The van der Waals surface area contributed by atoms with Crippen molar-refractivity contribution in [3.05, 3.63) is 6.92 Å². The highest BCUT2D eigenvalue weighted by Crippen LogP contribution is 1.85. The molecule has 0 bridgehead atoms. The lowest BCUT2D eigenvalue weighted by atomic mass is 10.3. The second kappa shape index (κ2) is 3.51. The van der Waals surface area contributed by atoms with Crippen molar-refractivity contribution < 1.29 is 0 Å². The summed E-state index contributed by atoms with van der Waals surface area (Å²) < 4.78 is 0. The molecule has 0 aromatic rings. The molecule has 0 amide bonds. The minimum atomic E-state index is 0.326. The molecule has 0 saturated heterocycles. The highest BCUT2D eigenvalue weighted by Gasteiger charge is 1.95. The number of rotatable bonds is 1. The lowest BCUT2D eigenvalue weighted by Gasteiger charge is -2.11. The summed E-state index contributed by atoms with van der Waals surface area (Å²) in [5.74, 6) is 5.52. The molecule has 0 aliphatic rings. The summed E-state index contributed by atoms with van der Waals surface area (Å²) >= 11 is 0. The molecule has 1 nitrogen and oxygen atoms in total. The Morgan fingerprint density at radius 1 is 1.50 bits per heavy atom. The molecule has 0 saturated carbocycles. The molecule has 0 spiro atoms. The molecule has 0 aliphatic heterocycles. The van der Waals surface area contributed by atoms with Crippen LogP contribution in [0.5, 0.6) is 0 Å². The molecule has 0 heterocycles. The molecule has 1 heteroatoms. The standard InChI is InChI=1S/C7H12N/c1-5-6-7(2)8(3)4/h7H,1H2,2-4H3. The van der Waals surface area contributed by atoms with Crippen molar-refractivity contribution in [2.45, 2.75) is 13.0 Å². The van der Waals surface area contributed by atoms with E-state index in [9.17, 15) is 0 Å². The molecule has 1 radical (unpaired) electrons. The van der Waals surface area contributed by atoms with Crippen LogP contribution < -0.4 is 0 Å². The molecular weight excluding hydrogens is 98.1 g/mol. The van der Waals surface area contributed by atoms with Gasteiger partial charge in [0, 0.05) is 6.92 Å². The normalized spacial score (nSPS) is 12.6. The minimum absolute atomic E-state index is 0.326. The monoisotopic (exact) mass is 110 g/mol. The second-order valence-electron chi connectivity index (χ2n) is 1.96. The van der Waals surface area contributed by atoms with Crippen molar-refractivity contribution in [3.63, 3.8) is 0 Å². The molecule has 8 heavy (non-hydrogen) atoms. The average molecular weight is 110 g/mol. The number of hydrogen-bond acceptors (Lipinski definition) is 1. The van der Waals surface area contributed by atoms with Gasteiger partial charge in [-0.3, -0.25) is 4.90 Å². The Morgan fingerprint density at radius 2 is 2.00 bits per heavy atom. The fourth-order valence-electron chi connectivity index (χ4n) is 0.277. The van der Waals surface area contributed by atoms with Crippen LogP contribution in [0.15, 0.2) is 0 Å². The minimum Gasteiger partial charge on any atom is -0.296 e. The third-order valence-corrected chi connectivity index (χ3v) is 1.09. The molecule has 0 aromatic carbocycles. The van der Waals surface area contributed by atoms with Gasteiger partial charge in [0.05, 0.1) is 6.04 Å². The van der Waals surface area contributed by atoms with Crippen molar-refractivity contribution in [2.75, 3.05) is 14.1 Å². The Hall–Kier alpha value is -0.480. The van der Waals surface area contributed by atoms with Gasteiger partial charge in [-0.2, -0.15) is 0 Å². The van der Waals surface area contributed by atoms with Gasteiger partial charge in [0.1, 0.15) is 0 Å². The first kappa shape index (κ1) is 7.52. The summed E-state index contributed by atoms with van der Waals surface area (Å²) in [4.78, 5) is 2.04. The van der Waals surface area contributed by atoms with Gasteiger partial charge in [-0.15, -0.1) is 5.92 Å². The van der Waals surface area contributed by atoms with Crippen molar-refractivity contribution in [3.8, 4) is 11.8 Å². The van der Waals surface area contributed by atoms with E-state index < -0.39 is 0 Å². The van der Waals surface area contributed by atoms with Crippen molar-refractivity contribution in [1.29, 1.82) is 0 Å². The topological polar surface area (TPSA) is 3.24 Å². The third kappa shape index (κ3) is 2.65. The van der Waals surface area contributed by atoms with E-state index in [1.807, 2.05) is 25.9 Å². The first-order valence-corrected chi connectivity index (χ1v) is 2.62. The van der Waals surface area contributed by atoms with Gasteiger partial charge in [-0.05, 0) is 21.0 Å². The van der Waals surface area contributed by atoms with Crippen molar-refractivity contribution in [2.24, 2.45) is 0 Å². The van der Waals surface area contributed by atoms with Gasteiger partial charge in [-0.25, -0.2) is 0 Å². The van der Waals surface area contributed by atoms with Gasteiger partial charge in [-0.1, -0.05) is 5.92 Å². The molecule has 0 N–H and O–H groups in total. The van der Waals surface area contributed by atoms with E-state index >= 15 is 0 Å². The average Bonchev–Trinajstić information content (AvgIpc) is 1.67. The zero-order valence-electron chi connectivity index (χ0n) is 5.73. The predicted molar refractivity (Wildman–Crippen MR) is 36.3 cm³/mol.